The average Bonchev–Trinajstić information content (AvgIpc) is 3.15. The van der Waals surface area contributed by atoms with Gasteiger partial charge in [0.1, 0.15) is 5.75 Å². The lowest BCUT2D eigenvalue weighted by atomic mass is 10.1. The molecule has 0 saturated heterocycles. The Bertz CT molecular complexity index is 1160. The van der Waals surface area contributed by atoms with Gasteiger partial charge in [-0.25, -0.2) is 0 Å². The molecule has 1 amide bonds. The molecule has 3 aromatic rings. The van der Waals surface area contributed by atoms with Gasteiger partial charge < -0.3 is 10.1 Å². The van der Waals surface area contributed by atoms with E-state index in [4.69, 9.17) is 27.9 Å². The van der Waals surface area contributed by atoms with Crippen molar-refractivity contribution >= 4 is 62.5 Å². The Labute approximate surface area is 215 Å². The molecule has 0 aliphatic carbocycles. The molecule has 1 N–H and O–H groups in total. The number of anilines is 1. The molecule has 0 bridgehead atoms. The summed E-state index contributed by atoms with van der Waals surface area (Å²) >= 11 is 17.1. The molecule has 10 heteroatoms. The number of aromatic nitrogens is 3. The highest BCUT2D eigenvalue weighted by molar-refractivity contribution is 9.10. The number of nitrogens with zero attached hydrogens (tertiary/aromatic N) is 3. The lowest BCUT2D eigenvalue weighted by Crippen LogP contribution is -2.16. The quantitative estimate of drug-likeness (QED) is 0.221. The Kier molecular flexibility index (Phi) is 8.87. The second-order valence-electron chi connectivity index (χ2n) is 7.33. The van der Waals surface area contributed by atoms with Gasteiger partial charge in [-0.05, 0) is 62.2 Å². The van der Waals surface area contributed by atoms with Crippen LogP contribution in [0.5, 0.6) is 5.75 Å². The van der Waals surface area contributed by atoms with Crippen molar-refractivity contribution in [2.24, 2.45) is 0 Å². The predicted octanol–water partition coefficient (Wildman–Crippen LogP) is 7.02. The van der Waals surface area contributed by atoms with Crippen LogP contribution in [0.25, 0.3) is 0 Å². The minimum Gasteiger partial charge on any atom is -0.483 e. The number of benzene rings is 2. The highest BCUT2D eigenvalue weighted by atomic mass is 79.9. The summed E-state index contributed by atoms with van der Waals surface area (Å²) in [5.41, 5.74) is 2.44. The number of carbonyl (C=O) groups excluding carboxylic acids is 1. The van der Waals surface area contributed by atoms with Crippen molar-refractivity contribution in [3.63, 3.8) is 0 Å². The van der Waals surface area contributed by atoms with Gasteiger partial charge >= 0.3 is 0 Å². The fourth-order valence-electron chi connectivity index (χ4n) is 3.15. The van der Waals surface area contributed by atoms with Gasteiger partial charge in [-0.3, -0.25) is 9.36 Å². The van der Waals surface area contributed by atoms with Gasteiger partial charge in [-0.1, -0.05) is 57.0 Å². The first-order chi connectivity index (χ1) is 15.7. The molecule has 2 aromatic carbocycles. The zero-order valence-electron chi connectivity index (χ0n) is 18.4. The van der Waals surface area contributed by atoms with E-state index < -0.39 is 0 Å². The molecule has 0 spiro atoms. The van der Waals surface area contributed by atoms with Gasteiger partial charge in [0.2, 0.25) is 5.91 Å². The maximum atomic E-state index is 12.4. The summed E-state index contributed by atoms with van der Waals surface area (Å²) in [5.74, 6) is 1.29. The molecular formula is C23H23BrCl2N4O2S. The largest absolute Gasteiger partial charge is 0.483 e. The summed E-state index contributed by atoms with van der Waals surface area (Å²) in [5, 5.41) is 13.2. The Morgan fingerprint density at radius 2 is 1.97 bits per heavy atom. The third-order valence-corrected chi connectivity index (χ3v) is 7.05. The first-order valence-corrected chi connectivity index (χ1v) is 12.6. The Morgan fingerprint density at radius 3 is 2.61 bits per heavy atom. The lowest BCUT2D eigenvalue weighted by molar-refractivity contribution is -0.113. The number of thioether (sulfide) groups is 1. The van der Waals surface area contributed by atoms with E-state index >= 15 is 0 Å². The van der Waals surface area contributed by atoms with Crippen LogP contribution in [-0.2, 0) is 11.3 Å². The summed E-state index contributed by atoms with van der Waals surface area (Å²) in [7, 11) is 0. The summed E-state index contributed by atoms with van der Waals surface area (Å²) < 4.78 is 8.85. The Balaban J connectivity index is 1.70. The number of hydrogen-bond donors (Lipinski definition) is 1. The first kappa shape index (κ1) is 25.6. The van der Waals surface area contributed by atoms with Gasteiger partial charge in [-0.15, -0.1) is 16.8 Å². The molecular weight excluding hydrogens is 547 g/mol. The molecule has 0 aliphatic rings. The van der Waals surface area contributed by atoms with E-state index in [1.807, 2.05) is 43.5 Å². The molecule has 6 nitrogen and oxygen atoms in total. The molecule has 1 heterocycles. The molecule has 0 aliphatic heterocycles. The van der Waals surface area contributed by atoms with E-state index in [2.05, 4.69) is 38.0 Å². The third-order valence-electron chi connectivity index (χ3n) is 4.68. The molecule has 0 fully saturated rings. The zero-order valence-corrected chi connectivity index (χ0v) is 22.3. The van der Waals surface area contributed by atoms with Gasteiger partial charge in [0.25, 0.3) is 0 Å². The number of hydrogen-bond acceptors (Lipinski definition) is 5. The number of carbonyl (C=O) groups is 1. The number of halogens is 3. The van der Waals surface area contributed by atoms with E-state index in [1.54, 1.807) is 18.2 Å². The van der Waals surface area contributed by atoms with Crippen LogP contribution in [0.2, 0.25) is 10.0 Å². The molecule has 0 saturated carbocycles. The van der Waals surface area contributed by atoms with E-state index in [0.29, 0.717) is 34.0 Å². The normalized spacial score (nSPS) is 11.8. The SMILES string of the molecule is C=CCn1c(SCC(=O)Nc2ccc(Br)cc2Cl)nnc1C(C)Oc1cc(C)c(Cl)c(C)c1. The lowest BCUT2D eigenvalue weighted by Gasteiger charge is -2.17. The van der Waals surface area contributed by atoms with Crippen molar-refractivity contribution in [1.82, 2.24) is 14.8 Å². The van der Waals surface area contributed by atoms with Crippen LogP contribution in [0.3, 0.4) is 0 Å². The van der Waals surface area contributed by atoms with E-state index in [1.165, 1.54) is 11.8 Å². The fourth-order valence-corrected chi connectivity index (χ4v) is 4.73. The van der Waals surface area contributed by atoms with E-state index in [-0.39, 0.29) is 17.8 Å². The fraction of sp³-hybridized carbons (Fsp3) is 0.261. The van der Waals surface area contributed by atoms with Crippen LogP contribution >= 0.6 is 50.9 Å². The first-order valence-electron chi connectivity index (χ1n) is 10.0. The maximum absolute atomic E-state index is 12.4. The van der Waals surface area contributed by atoms with Gasteiger partial charge in [0.15, 0.2) is 17.1 Å². The smallest absolute Gasteiger partial charge is 0.234 e. The minimum atomic E-state index is -0.373. The molecule has 1 aromatic heterocycles. The van der Waals surface area contributed by atoms with Crippen molar-refractivity contribution in [3.05, 3.63) is 74.5 Å². The standard InChI is InChI=1S/C23H23BrCl2N4O2S/c1-5-8-30-22(15(4)32-17-9-13(2)21(26)14(3)10-17)28-29-23(30)33-12-20(31)27-19-7-6-16(24)11-18(19)25/h5-7,9-11,15H,1,8,12H2,2-4H3,(H,27,31). The predicted molar refractivity (Wildman–Crippen MR) is 139 cm³/mol. The number of allylic oxidation sites excluding steroid dienone is 1. The second kappa shape index (κ2) is 11.4. The summed E-state index contributed by atoms with van der Waals surface area (Å²) in [4.78, 5) is 12.4. The van der Waals surface area contributed by atoms with Crippen molar-refractivity contribution in [2.45, 2.75) is 38.6 Å². The van der Waals surface area contributed by atoms with Gasteiger partial charge in [0.05, 0.1) is 16.5 Å². The van der Waals surface area contributed by atoms with Crippen molar-refractivity contribution < 1.29 is 9.53 Å². The van der Waals surface area contributed by atoms with Crippen LogP contribution in [-0.4, -0.2) is 26.4 Å². The minimum absolute atomic E-state index is 0.145. The summed E-state index contributed by atoms with van der Waals surface area (Å²) in [6, 6.07) is 9.07. The monoisotopic (exact) mass is 568 g/mol. The number of rotatable bonds is 9. The van der Waals surface area contributed by atoms with Gasteiger partial charge in [-0.2, -0.15) is 0 Å². The number of aryl methyl sites for hydroxylation is 2. The Hall–Kier alpha value is -2.00. The third kappa shape index (κ3) is 6.53. The number of ether oxygens (including phenoxy) is 1. The topological polar surface area (TPSA) is 69.0 Å². The maximum Gasteiger partial charge on any atom is 0.234 e. The highest BCUT2D eigenvalue weighted by Gasteiger charge is 2.20. The number of amides is 1. The van der Waals surface area contributed by atoms with Crippen LogP contribution in [0.1, 0.15) is 30.0 Å². The van der Waals surface area contributed by atoms with Crippen molar-refractivity contribution in [2.75, 3.05) is 11.1 Å². The highest BCUT2D eigenvalue weighted by Crippen LogP contribution is 2.30. The van der Waals surface area contributed by atoms with Crippen LogP contribution in [0.15, 0.2) is 52.6 Å². The summed E-state index contributed by atoms with van der Waals surface area (Å²) in [6.07, 6.45) is 1.38. The molecule has 3 rings (SSSR count). The Morgan fingerprint density at radius 1 is 1.27 bits per heavy atom. The van der Waals surface area contributed by atoms with Crippen LogP contribution < -0.4 is 10.1 Å². The molecule has 174 valence electrons. The van der Waals surface area contributed by atoms with Crippen molar-refractivity contribution in [3.8, 4) is 5.75 Å². The average molecular weight is 570 g/mol. The van der Waals surface area contributed by atoms with Crippen LogP contribution in [0.4, 0.5) is 5.69 Å². The molecule has 1 atom stereocenters. The second-order valence-corrected chi connectivity index (χ2v) is 9.98. The van der Waals surface area contributed by atoms with E-state index in [9.17, 15) is 4.79 Å². The molecule has 1 unspecified atom stereocenters. The molecule has 0 radical (unpaired) electrons. The zero-order chi connectivity index (χ0) is 24.1. The number of nitrogens with one attached hydrogen (secondary N) is 1. The van der Waals surface area contributed by atoms with Crippen LogP contribution in [0, 0.1) is 13.8 Å². The van der Waals surface area contributed by atoms with Crippen molar-refractivity contribution in [1.29, 1.82) is 0 Å². The van der Waals surface area contributed by atoms with E-state index in [0.717, 1.165) is 20.6 Å². The summed E-state index contributed by atoms with van der Waals surface area (Å²) in [6.45, 7) is 10.1. The van der Waals surface area contributed by atoms with Gasteiger partial charge in [0, 0.05) is 16.0 Å². The molecule has 33 heavy (non-hydrogen) atoms.